The van der Waals surface area contributed by atoms with Crippen molar-refractivity contribution in [2.24, 2.45) is 0 Å². The number of likely N-dealkylation sites (N-methyl/N-ethyl adjacent to an activating group) is 1. The first kappa shape index (κ1) is 23.0. The highest BCUT2D eigenvalue weighted by Crippen LogP contribution is 2.21. The molecule has 0 bridgehead atoms. The number of likely N-dealkylation sites (tertiary alicyclic amines) is 1. The summed E-state index contributed by atoms with van der Waals surface area (Å²) in [5.74, 6) is -0.389. The van der Waals surface area contributed by atoms with E-state index in [9.17, 15) is 14.4 Å². The maximum absolute atomic E-state index is 12.9. The fourth-order valence-corrected chi connectivity index (χ4v) is 3.86. The number of benzene rings is 2. The largest absolute Gasteiger partial charge is 0.350 e. The Morgan fingerprint density at radius 1 is 1.13 bits per heavy atom. The molecular weight excluding hydrogens is 460 g/mol. The molecule has 2 N–H and O–H groups in total. The standard InChI is InChI=1S/C23H27BrN4O3/c1-27(2)15-21(29)26-19-6-3-5-16(13-19)14-25-22(30)20-7-4-12-28(20)23(31)17-8-10-18(24)11-9-17/h3,5-6,8-11,13,20H,4,7,12,14-15H2,1-2H3,(H,25,30)(H,26,29). The minimum absolute atomic E-state index is 0.0979. The van der Waals surface area contributed by atoms with Gasteiger partial charge in [-0.1, -0.05) is 28.1 Å². The molecule has 164 valence electrons. The number of hydrogen-bond donors (Lipinski definition) is 2. The molecule has 31 heavy (non-hydrogen) atoms. The highest BCUT2D eigenvalue weighted by molar-refractivity contribution is 9.10. The van der Waals surface area contributed by atoms with Crippen molar-refractivity contribution in [3.05, 3.63) is 64.1 Å². The lowest BCUT2D eigenvalue weighted by molar-refractivity contribution is -0.125. The maximum Gasteiger partial charge on any atom is 0.254 e. The number of hydrogen-bond acceptors (Lipinski definition) is 4. The molecule has 2 aromatic carbocycles. The molecule has 3 rings (SSSR count). The molecule has 0 saturated carbocycles. The normalized spacial score (nSPS) is 15.7. The molecule has 3 amide bonds. The van der Waals surface area contributed by atoms with Crippen LogP contribution in [0.3, 0.4) is 0 Å². The van der Waals surface area contributed by atoms with Crippen LogP contribution in [0.2, 0.25) is 0 Å². The Morgan fingerprint density at radius 3 is 2.58 bits per heavy atom. The monoisotopic (exact) mass is 486 g/mol. The van der Waals surface area contributed by atoms with Crippen LogP contribution in [0, 0.1) is 0 Å². The molecular formula is C23H27BrN4O3. The van der Waals surface area contributed by atoms with Gasteiger partial charge >= 0.3 is 0 Å². The lowest BCUT2D eigenvalue weighted by Crippen LogP contribution is -2.45. The Morgan fingerprint density at radius 2 is 1.87 bits per heavy atom. The predicted octanol–water partition coefficient (Wildman–Crippen LogP) is 2.87. The third-order valence-electron chi connectivity index (χ3n) is 5.04. The lowest BCUT2D eigenvalue weighted by Gasteiger charge is -2.24. The fourth-order valence-electron chi connectivity index (χ4n) is 3.59. The Labute approximate surface area is 190 Å². The zero-order valence-corrected chi connectivity index (χ0v) is 19.3. The summed E-state index contributed by atoms with van der Waals surface area (Å²) in [6.45, 7) is 1.19. The molecule has 7 nitrogen and oxygen atoms in total. The van der Waals surface area contributed by atoms with Gasteiger partial charge in [0, 0.05) is 28.8 Å². The van der Waals surface area contributed by atoms with Gasteiger partial charge in [-0.3, -0.25) is 14.4 Å². The summed E-state index contributed by atoms with van der Waals surface area (Å²) >= 11 is 3.37. The smallest absolute Gasteiger partial charge is 0.254 e. The molecule has 8 heteroatoms. The van der Waals surface area contributed by atoms with Crippen LogP contribution in [-0.4, -0.2) is 60.7 Å². The van der Waals surface area contributed by atoms with Gasteiger partial charge in [0.25, 0.3) is 5.91 Å². The molecule has 0 spiro atoms. The van der Waals surface area contributed by atoms with Crippen LogP contribution in [0.5, 0.6) is 0 Å². The van der Waals surface area contributed by atoms with E-state index >= 15 is 0 Å². The first-order valence-corrected chi connectivity index (χ1v) is 11.0. The van der Waals surface area contributed by atoms with E-state index in [0.29, 0.717) is 37.3 Å². The van der Waals surface area contributed by atoms with Gasteiger partial charge in [0.05, 0.1) is 6.54 Å². The van der Waals surface area contributed by atoms with E-state index in [4.69, 9.17) is 0 Å². The number of amides is 3. The molecule has 0 aliphatic carbocycles. The number of nitrogens with one attached hydrogen (secondary N) is 2. The summed E-state index contributed by atoms with van der Waals surface area (Å²) in [5.41, 5.74) is 2.13. The zero-order valence-electron chi connectivity index (χ0n) is 17.7. The third-order valence-corrected chi connectivity index (χ3v) is 5.57. The molecule has 1 aliphatic heterocycles. The quantitative estimate of drug-likeness (QED) is 0.630. The Balaban J connectivity index is 1.58. The van der Waals surface area contributed by atoms with Crippen LogP contribution in [0.4, 0.5) is 5.69 Å². The van der Waals surface area contributed by atoms with Crippen LogP contribution in [0.1, 0.15) is 28.8 Å². The van der Waals surface area contributed by atoms with Crippen molar-refractivity contribution in [2.45, 2.75) is 25.4 Å². The van der Waals surface area contributed by atoms with Crippen LogP contribution in [0.25, 0.3) is 0 Å². The number of anilines is 1. The Kier molecular flexibility index (Phi) is 7.81. The summed E-state index contributed by atoms with van der Waals surface area (Å²) < 4.78 is 0.903. The number of nitrogens with zero attached hydrogens (tertiary/aromatic N) is 2. The van der Waals surface area contributed by atoms with Crippen LogP contribution in [-0.2, 0) is 16.1 Å². The molecule has 1 heterocycles. The molecule has 1 unspecified atom stereocenters. The third kappa shape index (κ3) is 6.38. The average Bonchev–Trinajstić information content (AvgIpc) is 3.21. The molecule has 0 aromatic heterocycles. The molecule has 2 aromatic rings. The van der Waals surface area contributed by atoms with Crippen molar-refractivity contribution in [1.29, 1.82) is 0 Å². The summed E-state index contributed by atoms with van der Waals surface area (Å²) in [6.07, 6.45) is 1.45. The van der Waals surface area contributed by atoms with E-state index in [2.05, 4.69) is 26.6 Å². The van der Waals surface area contributed by atoms with E-state index in [1.54, 1.807) is 21.9 Å². The van der Waals surface area contributed by atoms with E-state index in [1.807, 2.05) is 50.5 Å². The highest BCUT2D eigenvalue weighted by atomic mass is 79.9. The predicted molar refractivity (Wildman–Crippen MR) is 124 cm³/mol. The van der Waals surface area contributed by atoms with Crippen molar-refractivity contribution in [1.82, 2.24) is 15.1 Å². The second-order valence-corrected chi connectivity index (χ2v) is 8.78. The first-order valence-electron chi connectivity index (χ1n) is 10.2. The number of halogens is 1. The van der Waals surface area contributed by atoms with Crippen molar-refractivity contribution >= 4 is 39.3 Å². The topological polar surface area (TPSA) is 81.8 Å². The minimum atomic E-state index is -0.473. The van der Waals surface area contributed by atoms with Gasteiger partial charge in [-0.15, -0.1) is 0 Å². The highest BCUT2D eigenvalue weighted by Gasteiger charge is 2.34. The van der Waals surface area contributed by atoms with Crippen LogP contribution < -0.4 is 10.6 Å². The van der Waals surface area contributed by atoms with E-state index in [-0.39, 0.29) is 17.7 Å². The number of carbonyl (C=O) groups excluding carboxylic acids is 3. The first-order chi connectivity index (χ1) is 14.8. The number of carbonyl (C=O) groups is 3. The van der Waals surface area contributed by atoms with Gasteiger partial charge in [-0.2, -0.15) is 0 Å². The van der Waals surface area contributed by atoms with Crippen molar-refractivity contribution in [2.75, 3.05) is 32.5 Å². The molecule has 1 aliphatic rings. The van der Waals surface area contributed by atoms with Gasteiger partial charge in [0.15, 0.2) is 0 Å². The van der Waals surface area contributed by atoms with Gasteiger partial charge in [-0.05, 0) is 68.9 Å². The van der Waals surface area contributed by atoms with E-state index < -0.39 is 6.04 Å². The van der Waals surface area contributed by atoms with Crippen LogP contribution >= 0.6 is 15.9 Å². The second-order valence-electron chi connectivity index (χ2n) is 7.87. The zero-order chi connectivity index (χ0) is 22.4. The molecule has 0 radical (unpaired) electrons. The SMILES string of the molecule is CN(C)CC(=O)Nc1cccc(CNC(=O)C2CCCN2C(=O)c2ccc(Br)cc2)c1. The average molecular weight is 487 g/mol. The van der Waals surface area contributed by atoms with Crippen molar-refractivity contribution in [3.8, 4) is 0 Å². The molecule has 1 saturated heterocycles. The van der Waals surface area contributed by atoms with Crippen molar-refractivity contribution < 1.29 is 14.4 Å². The fraction of sp³-hybridized carbons (Fsp3) is 0.348. The summed E-state index contributed by atoms with van der Waals surface area (Å²) in [6, 6.07) is 14.1. The van der Waals surface area contributed by atoms with Gasteiger partial charge in [0.1, 0.15) is 6.04 Å². The number of rotatable bonds is 7. The Bertz CT molecular complexity index is 946. The van der Waals surface area contributed by atoms with E-state index in [1.165, 1.54) is 0 Å². The Hall–Kier alpha value is -2.71. The van der Waals surface area contributed by atoms with Crippen molar-refractivity contribution in [3.63, 3.8) is 0 Å². The summed E-state index contributed by atoms with van der Waals surface area (Å²) in [5, 5.41) is 5.79. The minimum Gasteiger partial charge on any atom is -0.350 e. The van der Waals surface area contributed by atoms with Crippen LogP contribution in [0.15, 0.2) is 53.0 Å². The maximum atomic E-state index is 12.9. The lowest BCUT2D eigenvalue weighted by atomic mass is 10.1. The molecule has 1 atom stereocenters. The second kappa shape index (κ2) is 10.5. The van der Waals surface area contributed by atoms with Gasteiger partial charge < -0.3 is 20.4 Å². The van der Waals surface area contributed by atoms with E-state index in [0.717, 1.165) is 16.5 Å². The summed E-state index contributed by atoms with van der Waals surface area (Å²) in [4.78, 5) is 41.1. The summed E-state index contributed by atoms with van der Waals surface area (Å²) in [7, 11) is 3.67. The van der Waals surface area contributed by atoms with Gasteiger partial charge in [0.2, 0.25) is 11.8 Å². The van der Waals surface area contributed by atoms with Gasteiger partial charge in [-0.25, -0.2) is 0 Å². The molecule has 1 fully saturated rings.